The van der Waals surface area contributed by atoms with E-state index in [1.807, 2.05) is 12.1 Å². The van der Waals surface area contributed by atoms with Crippen LogP contribution in [-0.4, -0.2) is 15.0 Å². The van der Waals surface area contributed by atoms with Gasteiger partial charge in [0, 0.05) is 22.1 Å². The fourth-order valence-corrected chi connectivity index (χ4v) is 8.25. The van der Waals surface area contributed by atoms with Gasteiger partial charge in [0.15, 0.2) is 17.5 Å². The third-order valence-corrected chi connectivity index (χ3v) is 11.4. The summed E-state index contributed by atoms with van der Waals surface area (Å²) in [6.45, 7) is 4.61. The molecule has 0 atom stereocenters. The highest BCUT2D eigenvalue weighted by molar-refractivity contribution is 5.84. The Morgan fingerprint density at radius 3 is 1.09 bits per heavy atom. The molecule has 0 bridgehead atoms. The molecule has 270 valence electrons. The van der Waals surface area contributed by atoms with Crippen molar-refractivity contribution in [1.82, 2.24) is 15.0 Å². The molecule has 0 saturated heterocycles. The van der Waals surface area contributed by atoms with Crippen LogP contribution in [0.25, 0.3) is 89.8 Å². The van der Waals surface area contributed by atoms with Gasteiger partial charge in [0.05, 0.1) is 0 Å². The maximum Gasteiger partial charge on any atom is 0.164 e. The molecule has 10 rings (SSSR count). The molecule has 8 aromatic carbocycles. The number of hydrogen-bond donors (Lipinski definition) is 0. The number of fused-ring (bicyclic) bond motifs is 3. The molecule has 57 heavy (non-hydrogen) atoms. The van der Waals surface area contributed by atoms with Crippen molar-refractivity contribution in [1.29, 1.82) is 0 Å². The fourth-order valence-electron chi connectivity index (χ4n) is 8.25. The zero-order valence-electron chi connectivity index (χ0n) is 31.9. The molecule has 9 aromatic rings. The summed E-state index contributed by atoms with van der Waals surface area (Å²) in [4.78, 5) is 15.6. The Morgan fingerprint density at radius 2 is 0.596 bits per heavy atom. The molecule has 0 saturated carbocycles. The van der Waals surface area contributed by atoms with Crippen molar-refractivity contribution < 1.29 is 0 Å². The van der Waals surface area contributed by atoms with Crippen molar-refractivity contribution in [3.63, 3.8) is 0 Å². The van der Waals surface area contributed by atoms with Gasteiger partial charge >= 0.3 is 0 Å². The Hall–Kier alpha value is -7.23. The molecule has 0 N–H and O–H groups in total. The Kier molecular flexibility index (Phi) is 8.49. The molecule has 0 aliphatic heterocycles. The van der Waals surface area contributed by atoms with Gasteiger partial charge in [-0.2, -0.15) is 0 Å². The summed E-state index contributed by atoms with van der Waals surface area (Å²) in [6, 6.07) is 70.9. The summed E-state index contributed by atoms with van der Waals surface area (Å²) in [6.07, 6.45) is 0. The van der Waals surface area contributed by atoms with Crippen molar-refractivity contribution in [3.05, 3.63) is 211 Å². The number of aromatic nitrogens is 3. The molecule has 0 spiro atoms. The van der Waals surface area contributed by atoms with Gasteiger partial charge < -0.3 is 0 Å². The van der Waals surface area contributed by atoms with Gasteiger partial charge in [-0.3, -0.25) is 0 Å². The van der Waals surface area contributed by atoms with E-state index in [2.05, 4.69) is 202 Å². The van der Waals surface area contributed by atoms with Crippen LogP contribution in [-0.2, 0) is 5.41 Å². The summed E-state index contributed by atoms with van der Waals surface area (Å²) in [7, 11) is 0. The summed E-state index contributed by atoms with van der Waals surface area (Å²) < 4.78 is 0. The highest BCUT2D eigenvalue weighted by atomic mass is 15.0. The summed E-state index contributed by atoms with van der Waals surface area (Å²) in [5.74, 6) is 1.93. The maximum atomic E-state index is 5.21. The molecule has 0 radical (unpaired) electrons. The van der Waals surface area contributed by atoms with Gasteiger partial charge in [-0.15, -0.1) is 0 Å². The van der Waals surface area contributed by atoms with Crippen molar-refractivity contribution in [3.8, 4) is 89.8 Å². The monoisotopic (exact) mass is 729 g/mol. The number of benzene rings is 8. The van der Waals surface area contributed by atoms with Crippen LogP contribution in [0.15, 0.2) is 200 Å². The highest BCUT2D eigenvalue weighted by Crippen LogP contribution is 2.49. The van der Waals surface area contributed by atoms with Gasteiger partial charge in [-0.05, 0) is 85.0 Å². The fraction of sp³-hybridized carbons (Fsp3) is 0.0556. The minimum Gasteiger partial charge on any atom is -0.208 e. The Balaban J connectivity index is 1.06. The largest absolute Gasteiger partial charge is 0.208 e. The molecule has 3 heteroatoms. The lowest BCUT2D eigenvalue weighted by atomic mass is 9.82. The Bertz CT molecular complexity index is 2750. The van der Waals surface area contributed by atoms with Gasteiger partial charge in [0.1, 0.15) is 0 Å². The number of hydrogen-bond acceptors (Lipinski definition) is 3. The lowest BCUT2D eigenvalue weighted by Gasteiger charge is -2.21. The van der Waals surface area contributed by atoms with Crippen LogP contribution in [0.4, 0.5) is 0 Å². The van der Waals surface area contributed by atoms with E-state index in [0.717, 1.165) is 38.9 Å². The van der Waals surface area contributed by atoms with E-state index in [9.17, 15) is 0 Å². The van der Waals surface area contributed by atoms with Gasteiger partial charge in [-0.1, -0.05) is 196 Å². The molecular formula is C54H39N3. The second kappa shape index (κ2) is 14.1. The second-order valence-corrected chi connectivity index (χ2v) is 15.3. The van der Waals surface area contributed by atoms with Crippen molar-refractivity contribution in [2.24, 2.45) is 0 Å². The van der Waals surface area contributed by atoms with Crippen molar-refractivity contribution in [2.45, 2.75) is 19.3 Å². The number of nitrogens with zero attached hydrogens (tertiary/aromatic N) is 3. The van der Waals surface area contributed by atoms with Crippen molar-refractivity contribution in [2.75, 3.05) is 0 Å². The minimum absolute atomic E-state index is 0.143. The average molecular weight is 730 g/mol. The van der Waals surface area contributed by atoms with Crippen LogP contribution in [0.5, 0.6) is 0 Å². The predicted molar refractivity (Wildman–Crippen MR) is 235 cm³/mol. The molecule has 1 aliphatic carbocycles. The molecule has 1 heterocycles. The topological polar surface area (TPSA) is 38.7 Å². The Morgan fingerprint density at radius 1 is 0.263 bits per heavy atom. The van der Waals surface area contributed by atoms with Crippen LogP contribution in [0.3, 0.4) is 0 Å². The average Bonchev–Trinajstić information content (AvgIpc) is 3.52. The van der Waals surface area contributed by atoms with E-state index < -0.39 is 0 Å². The molecule has 3 nitrogen and oxygen atoms in total. The molecule has 0 fully saturated rings. The summed E-state index contributed by atoms with van der Waals surface area (Å²) >= 11 is 0. The summed E-state index contributed by atoms with van der Waals surface area (Å²) in [5, 5.41) is 0. The van der Waals surface area contributed by atoms with Crippen LogP contribution in [0, 0.1) is 0 Å². The summed E-state index contributed by atoms with van der Waals surface area (Å²) in [5.41, 5.74) is 17.2. The van der Waals surface area contributed by atoms with Crippen molar-refractivity contribution >= 4 is 0 Å². The number of rotatable bonds is 7. The predicted octanol–water partition coefficient (Wildman–Crippen LogP) is 13.8. The normalized spacial score (nSPS) is 12.5. The smallest absolute Gasteiger partial charge is 0.164 e. The maximum absolute atomic E-state index is 5.21. The van der Waals surface area contributed by atoms with E-state index in [1.165, 1.54) is 44.5 Å². The second-order valence-electron chi connectivity index (χ2n) is 15.3. The molecule has 1 aromatic heterocycles. The third kappa shape index (κ3) is 6.43. The Labute approximate surface area is 334 Å². The molecular weight excluding hydrogens is 691 g/mol. The van der Waals surface area contributed by atoms with E-state index in [0.29, 0.717) is 17.5 Å². The first kappa shape index (κ1) is 34.3. The minimum atomic E-state index is -0.143. The molecule has 0 amide bonds. The first-order chi connectivity index (χ1) is 28.0. The van der Waals surface area contributed by atoms with Crippen LogP contribution in [0.1, 0.15) is 25.0 Å². The van der Waals surface area contributed by atoms with Gasteiger partial charge in [-0.25, -0.2) is 15.0 Å². The third-order valence-electron chi connectivity index (χ3n) is 11.4. The zero-order chi connectivity index (χ0) is 38.3. The molecule has 0 unspecified atom stereocenters. The van der Waals surface area contributed by atoms with Crippen LogP contribution >= 0.6 is 0 Å². The quantitative estimate of drug-likeness (QED) is 0.164. The van der Waals surface area contributed by atoms with E-state index in [1.54, 1.807) is 0 Å². The standard InChI is InChI=1S/C54H39N3/c1-54(2)49-22-10-9-21-47(49)48-32-31-46(35-50(48)54)53-56-51(44-19-11-17-42(33-44)40-27-23-38(24-28-40)36-13-5-3-6-14-36)55-52(57-53)45-20-12-18-43(34-45)41-29-25-39(26-30-41)37-15-7-4-8-16-37/h3-35H,1-2H3. The first-order valence-electron chi connectivity index (χ1n) is 19.5. The van der Waals surface area contributed by atoms with E-state index in [-0.39, 0.29) is 5.41 Å². The lowest BCUT2D eigenvalue weighted by Crippen LogP contribution is -2.15. The van der Waals surface area contributed by atoms with E-state index >= 15 is 0 Å². The first-order valence-corrected chi connectivity index (χ1v) is 19.5. The highest BCUT2D eigenvalue weighted by Gasteiger charge is 2.35. The zero-order valence-corrected chi connectivity index (χ0v) is 31.9. The van der Waals surface area contributed by atoms with Crippen LogP contribution < -0.4 is 0 Å². The van der Waals surface area contributed by atoms with Crippen LogP contribution in [0.2, 0.25) is 0 Å². The van der Waals surface area contributed by atoms with E-state index in [4.69, 9.17) is 15.0 Å². The molecule has 1 aliphatic rings. The lowest BCUT2D eigenvalue weighted by molar-refractivity contribution is 0.660. The van der Waals surface area contributed by atoms with Gasteiger partial charge in [0.25, 0.3) is 0 Å². The van der Waals surface area contributed by atoms with Gasteiger partial charge in [0.2, 0.25) is 0 Å². The SMILES string of the molecule is CC1(C)c2ccccc2-c2ccc(-c3nc(-c4cccc(-c5ccc(-c6ccccc6)cc5)c4)nc(-c4cccc(-c5ccc(-c6ccccc6)cc5)c4)n3)cc21.